The third-order valence-corrected chi connectivity index (χ3v) is 4.69. The van der Waals surface area contributed by atoms with Crippen LogP contribution in [0.3, 0.4) is 0 Å². The summed E-state index contributed by atoms with van der Waals surface area (Å²) >= 11 is 0. The molecule has 0 radical (unpaired) electrons. The number of aromatic nitrogens is 2. The van der Waals surface area contributed by atoms with Crippen LogP contribution in [0.15, 0.2) is 102 Å². The fourth-order valence-corrected chi connectivity index (χ4v) is 3.09. The average molecular weight is 424 g/mol. The summed E-state index contributed by atoms with van der Waals surface area (Å²) in [6.07, 6.45) is 0. The van der Waals surface area contributed by atoms with Gasteiger partial charge in [0.15, 0.2) is 0 Å². The van der Waals surface area contributed by atoms with Crippen molar-refractivity contribution in [3.63, 3.8) is 0 Å². The van der Waals surface area contributed by atoms with Crippen molar-refractivity contribution in [3.8, 4) is 11.3 Å². The highest BCUT2D eigenvalue weighted by Crippen LogP contribution is 2.17. The topological polar surface area (TPSA) is 93.1 Å². The standard InChI is InChI=1S/C25H20N4O3/c30-23(26-20-7-3-1-4-8-20)17-29-24(31)16-15-22(28-29)18-11-13-19(14-12-18)25(32)27-21-9-5-2-6-10-21/h1-16H,17H2,(H,26,30)(H,27,32). The highest BCUT2D eigenvalue weighted by atomic mass is 16.2. The molecule has 0 saturated carbocycles. The molecule has 0 fully saturated rings. The molecule has 0 atom stereocenters. The van der Waals surface area contributed by atoms with Gasteiger partial charge in [-0.15, -0.1) is 0 Å². The number of anilines is 2. The smallest absolute Gasteiger partial charge is 0.267 e. The Hall–Kier alpha value is -4.52. The second kappa shape index (κ2) is 9.53. The van der Waals surface area contributed by atoms with Crippen molar-refractivity contribution in [1.29, 1.82) is 0 Å². The van der Waals surface area contributed by atoms with Gasteiger partial charge in [0.25, 0.3) is 11.5 Å². The van der Waals surface area contributed by atoms with Crippen LogP contribution in [0.2, 0.25) is 0 Å². The lowest BCUT2D eigenvalue weighted by molar-refractivity contribution is -0.117. The van der Waals surface area contributed by atoms with Gasteiger partial charge in [0.1, 0.15) is 6.54 Å². The SMILES string of the molecule is O=C(Cn1nc(-c2ccc(C(=O)Nc3ccccc3)cc2)ccc1=O)Nc1ccccc1. The molecule has 4 aromatic rings. The van der Waals surface area contributed by atoms with Gasteiger partial charge in [-0.05, 0) is 42.5 Å². The maximum atomic E-state index is 12.4. The molecule has 2 amide bonds. The molecule has 7 heteroatoms. The summed E-state index contributed by atoms with van der Waals surface area (Å²) in [5.74, 6) is -0.575. The van der Waals surface area contributed by atoms with Crippen molar-refractivity contribution in [2.24, 2.45) is 0 Å². The Kier molecular flexibility index (Phi) is 6.17. The Morgan fingerprint density at radius 1 is 0.719 bits per heavy atom. The van der Waals surface area contributed by atoms with Crippen molar-refractivity contribution in [2.45, 2.75) is 6.54 Å². The van der Waals surface area contributed by atoms with Gasteiger partial charge in [-0.2, -0.15) is 5.10 Å². The average Bonchev–Trinajstić information content (AvgIpc) is 2.82. The fourth-order valence-electron chi connectivity index (χ4n) is 3.09. The van der Waals surface area contributed by atoms with E-state index < -0.39 is 0 Å². The number of nitrogens with zero attached hydrogens (tertiary/aromatic N) is 2. The maximum absolute atomic E-state index is 12.4. The van der Waals surface area contributed by atoms with Crippen LogP contribution in [0.5, 0.6) is 0 Å². The molecule has 0 aliphatic heterocycles. The number of carbonyl (C=O) groups is 2. The van der Waals surface area contributed by atoms with Crippen LogP contribution in [0.4, 0.5) is 11.4 Å². The molecule has 4 rings (SSSR count). The monoisotopic (exact) mass is 424 g/mol. The molecule has 0 aliphatic rings. The zero-order valence-electron chi connectivity index (χ0n) is 17.1. The van der Waals surface area contributed by atoms with E-state index in [1.165, 1.54) is 6.07 Å². The Bertz CT molecular complexity index is 1280. The van der Waals surface area contributed by atoms with Gasteiger partial charge in [-0.3, -0.25) is 14.4 Å². The van der Waals surface area contributed by atoms with Gasteiger partial charge in [-0.25, -0.2) is 4.68 Å². The van der Waals surface area contributed by atoms with Gasteiger partial charge in [0.2, 0.25) is 5.91 Å². The summed E-state index contributed by atoms with van der Waals surface area (Å²) in [4.78, 5) is 36.9. The largest absolute Gasteiger partial charge is 0.324 e. The minimum atomic E-state index is -0.379. The Balaban J connectivity index is 1.47. The van der Waals surface area contributed by atoms with E-state index in [1.807, 2.05) is 48.5 Å². The van der Waals surface area contributed by atoms with Crippen LogP contribution < -0.4 is 16.2 Å². The molecule has 0 saturated heterocycles. The van der Waals surface area contributed by atoms with Gasteiger partial charge in [0.05, 0.1) is 5.69 Å². The maximum Gasteiger partial charge on any atom is 0.267 e. The first-order valence-electron chi connectivity index (χ1n) is 9.98. The zero-order chi connectivity index (χ0) is 22.3. The minimum absolute atomic E-state index is 0.209. The molecule has 0 bridgehead atoms. The number of rotatable bonds is 6. The van der Waals surface area contributed by atoms with Crippen LogP contribution in [0.1, 0.15) is 10.4 Å². The second-order valence-electron chi connectivity index (χ2n) is 7.03. The fraction of sp³-hybridized carbons (Fsp3) is 0.0400. The number of nitrogens with one attached hydrogen (secondary N) is 2. The number of carbonyl (C=O) groups excluding carboxylic acids is 2. The third-order valence-electron chi connectivity index (χ3n) is 4.69. The first-order chi connectivity index (χ1) is 15.6. The first-order valence-corrected chi connectivity index (χ1v) is 9.98. The second-order valence-corrected chi connectivity index (χ2v) is 7.03. The highest BCUT2D eigenvalue weighted by Gasteiger charge is 2.10. The number of amides is 2. The normalized spacial score (nSPS) is 10.4. The lowest BCUT2D eigenvalue weighted by atomic mass is 10.1. The summed E-state index contributed by atoms with van der Waals surface area (Å²) in [6, 6.07) is 28.0. The molecule has 1 aromatic heterocycles. The Morgan fingerprint density at radius 3 is 1.94 bits per heavy atom. The summed E-state index contributed by atoms with van der Waals surface area (Å²) in [7, 11) is 0. The van der Waals surface area contributed by atoms with Crippen molar-refractivity contribution in [2.75, 3.05) is 10.6 Å². The number of hydrogen-bond donors (Lipinski definition) is 2. The van der Waals surface area contributed by atoms with E-state index in [2.05, 4.69) is 15.7 Å². The van der Waals surface area contributed by atoms with Crippen molar-refractivity contribution in [3.05, 3.63) is 113 Å². The number of para-hydroxylation sites is 2. The molecular formula is C25H20N4O3. The molecule has 158 valence electrons. The zero-order valence-corrected chi connectivity index (χ0v) is 17.1. The summed E-state index contributed by atoms with van der Waals surface area (Å²) in [6.45, 7) is -0.209. The molecule has 3 aromatic carbocycles. The predicted octanol–water partition coefficient (Wildman–Crippen LogP) is 3.80. The van der Waals surface area contributed by atoms with E-state index in [1.54, 1.807) is 42.5 Å². The molecule has 32 heavy (non-hydrogen) atoms. The van der Waals surface area contributed by atoms with Gasteiger partial charge in [0, 0.05) is 28.6 Å². The summed E-state index contributed by atoms with van der Waals surface area (Å²) in [5, 5.41) is 9.87. The number of benzene rings is 3. The van der Waals surface area contributed by atoms with Crippen molar-refractivity contribution in [1.82, 2.24) is 9.78 Å². The molecule has 2 N–H and O–H groups in total. The molecule has 0 aliphatic carbocycles. The van der Waals surface area contributed by atoms with E-state index in [9.17, 15) is 14.4 Å². The first kappa shape index (κ1) is 20.7. The third kappa shape index (κ3) is 5.14. The quantitative estimate of drug-likeness (QED) is 0.492. The van der Waals surface area contributed by atoms with Crippen LogP contribution >= 0.6 is 0 Å². The van der Waals surface area contributed by atoms with E-state index in [-0.39, 0.29) is 23.9 Å². The van der Waals surface area contributed by atoms with Gasteiger partial charge >= 0.3 is 0 Å². The van der Waals surface area contributed by atoms with Crippen LogP contribution in [-0.2, 0) is 11.3 Å². The Morgan fingerprint density at radius 2 is 1.31 bits per heavy atom. The van der Waals surface area contributed by atoms with Gasteiger partial charge < -0.3 is 10.6 Å². The lowest BCUT2D eigenvalue weighted by Crippen LogP contribution is -2.29. The van der Waals surface area contributed by atoms with Crippen molar-refractivity contribution < 1.29 is 9.59 Å². The Labute approximate surface area is 184 Å². The van der Waals surface area contributed by atoms with E-state index in [4.69, 9.17) is 0 Å². The highest BCUT2D eigenvalue weighted by molar-refractivity contribution is 6.04. The van der Waals surface area contributed by atoms with Gasteiger partial charge in [-0.1, -0.05) is 48.5 Å². The number of hydrogen-bond acceptors (Lipinski definition) is 4. The van der Waals surface area contributed by atoms with E-state index in [0.29, 0.717) is 22.6 Å². The van der Waals surface area contributed by atoms with Crippen LogP contribution in [0.25, 0.3) is 11.3 Å². The lowest BCUT2D eigenvalue weighted by Gasteiger charge is -2.09. The molecule has 0 spiro atoms. The minimum Gasteiger partial charge on any atom is -0.324 e. The van der Waals surface area contributed by atoms with E-state index >= 15 is 0 Å². The summed E-state index contributed by atoms with van der Waals surface area (Å²) < 4.78 is 1.11. The molecule has 0 unspecified atom stereocenters. The predicted molar refractivity (Wildman–Crippen MR) is 123 cm³/mol. The van der Waals surface area contributed by atoms with Crippen molar-refractivity contribution >= 4 is 23.2 Å². The molecule has 7 nitrogen and oxygen atoms in total. The van der Waals surface area contributed by atoms with E-state index in [0.717, 1.165) is 10.2 Å². The molecule has 1 heterocycles. The van der Waals surface area contributed by atoms with Crippen LogP contribution in [-0.4, -0.2) is 21.6 Å². The van der Waals surface area contributed by atoms with Crippen LogP contribution in [0, 0.1) is 0 Å². The molecular weight excluding hydrogens is 404 g/mol. The summed E-state index contributed by atoms with van der Waals surface area (Å²) in [5.41, 5.74) is 2.71.